The summed E-state index contributed by atoms with van der Waals surface area (Å²) in [5.74, 6) is 1.44. The van der Waals surface area contributed by atoms with Crippen LogP contribution in [0.5, 0.6) is 0 Å². The third-order valence-electron chi connectivity index (χ3n) is 5.04. The second-order valence-corrected chi connectivity index (χ2v) is 7.26. The highest BCUT2D eigenvalue weighted by Crippen LogP contribution is 2.16. The lowest BCUT2D eigenvalue weighted by Gasteiger charge is -2.36. The fourth-order valence-electron chi connectivity index (χ4n) is 3.32. The van der Waals surface area contributed by atoms with E-state index in [0.29, 0.717) is 5.92 Å². The van der Waals surface area contributed by atoms with Gasteiger partial charge in [0.15, 0.2) is 5.96 Å². The zero-order valence-electron chi connectivity index (χ0n) is 17.1. The zero-order chi connectivity index (χ0) is 19.1. The maximum Gasteiger partial charge on any atom is 0.194 e. The number of piperazine rings is 1. The second-order valence-electron chi connectivity index (χ2n) is 7.26. The fraction of sp³-hybridized carbons (Fsp3) is 0.524. The smallest absolute Gasteiger partial charge is 0.194 e. The van der Waals surface area contributed by atoms with Gasteiger partial charge < -0.3 is 14.7 Å². The molecular weight excluding hydrogens is 465 g/mol. The largest absolute Gasteiger partial charge is 0.364 e. The molecule has 154 valence electrons. The van der Waals surface area contributed by atoms with Gasteiger partial charge in [-0.15, -0.1) is 24.0 Å². The van der Waals surface area contributed by atoms with E-state index in [1.165, 1.54) is 11.1 Å². The molecule has 7 heteroatoms. The van der Waals surface area contributed by atoms with Crippen molar-refractivity contribution in [3.05, 3.63) is 53.4 Å². The number of rotatable bonds is 6. The molecule has 0 aliphatic carbocycles. The number of halogens is 1. The number of aromatic nitrogens is 1. The number of hydrogen-bond acceptors (Lipinski definition) is 4. The van der Waals surface area contributed by atoms with Gasteiger partial charge in [-0.25, -0.2) is 0 Å². The van der Waals surface area contributed by atoms with Crippen LogP contribution in [0.15, 0.2) is 46.1 Å². The summed E-state index contributed by atoms with van der Waals surface area (Å²) in [7, 11) is 0. The minimum absolute atomic E-state index is 0. The van der Waals surface area contributed by atoms with Crippen molar-refractivity contribution in [2.75, 3.05) is 39.3 Å². The number of nitrogens with one attached hydrogen (secondary N) is 1. The Bertz CT molecular complexity index is 709. The van der Waals surface area contributed by atoms with Crippen LogP contribution in [0, 0.1) is 6.92 Å². The lowest BCUT2D eigenvalue weighted by molar-refractivity contribution is 0.169. The monoisotopic (exact) mass is 497 g/mol. The Balaban J connectivity index is 0.00000280. The van der Waals surface area contributed by atoms with Gasteiger partial charge in [0.05, 0.1) is 5.69 Å². The first-order valence-electron chi connectivity index (χ1n) is 9.87. The van der Waals surface area contributed by atoms with Crippen LogP contribution in [-0.4, -0.2) is 60.2 Å². The van der Waals surface area contributed by atoms with Crippen LogP contribution in [0.25, 0.3) is 0 Å². The molecule has 6 nitrogen and oxygen atoms in total. The molecule has 1 aliphatic rings. The maximum atomic E-state index is 4.93. The van der Waals surface area contributed by atoms with E-state index >= 15 is 0 Å². The second kappa shape index (κ2) is 11.4. The molecule has 1 saturated heterocycles. The van der Waals surface area contributed by atoms with Gasteiger partial charge in [0, 0.05) is 57.8 Å². The molecule has 1 aliphatic heterocycles. The highest BCUT2D eigenvalue weighted by Gasteiger charge is 2.20. The molecule has 3 rings (SSSR count). The molecule has 2 aromatic rings. The molecule has 0 spiro atoms. The number of aliphatic imine (C=N–C) groups is 1. The maximum absolute atomic E-state index is 4.93. The van der Waals surface area contributed by atoms with E-state index in [4.69, 9.17) is 9.52 Å². The fourth-order valence-corrected chi connectivity index (χ4v) is 3.32. The van der Waals surface area contributed by atoms with Crippen molar-refractivity contribution in [3.63, 3.8) is 0 Å². The molecule has 0 amide bonds. The Labute approximate surface area is 185 Å². The van der Waals surface area contributed by atoms with Gasteiger partial charge in [0.25, 0.3) is 0 Å². The topological polar surface area (TPSA) is 56.9 Å². The van der Waals surface area contributed by atoms with E-state index in [9.17, 15) is 0 Å². The van der Waals surface area contributed by atoms with Crippen molar-refractivity contribution in [2.45, 2.75) is 33.2 Å². The van der Waals surface area contributed by atoms with Crippen molar-refractivity contribution in [1.82, 2.24) is 20.3 Å². The molecule has 1 N–H and O–H groups in total. The van der Waals surface area contributed by atoms with Crippen LogP contribution in [-0.2, 0) is 6.54 Å². The molecular formula is C21H32IN5O. The molecule has 0 radical (unpaired) electrons. The number of guanidine groups is 1. The first kappa shape index (κ1) is 22.7. The quantitative estimate of drug-likeness (QED) is 0.376. The summed E-state index contributed by atoms with van der Waals surface area (Å²) < 4.78 is 4.93. The van der Waals surface area contributed by atoms with Gasteiger partial charge in [0.2, 0.25) is 0 Å². The molecule has 0 saturated carbocycles. The third-order valence-corrected chi connectivity index (χ3v) is 5.04. The first-order chi connectivity index (χ1) is 13.2. The van der Waals surface area contributed by atoms with Gasteiger partial charge in [-0.05, 0) is 19.4 Å². The summed E-state index contributed by atoms with van der Waals surface area (Å²) in [5, 5.41) is 7.47. The van der Waals surface area contributed by atoms with Gasteiger partial charge >= 0.3 is 0 Å². The number of nitrogens with zero attached hydrogens (tertiary/aromatic N) is 4. The predicted octanol–water partition coefficient (Wildman–Crippen LogP) is 3.49. The molecule has 2 heterocycles. The molecule has 1 aromatic heterocycles. The summed E-state index contributed by atoms with van der Waals surface area (Å²) in [6, 6.07) is 10.7. The molecule has 1 atom stereocenters. The van der Waals surface area contributed by atoms with Gasteiger partial charge in [-0.1, -0.05) is 41.9 Å². The Morgan fingerprint density at radius 1 is 1.18 bits per heavy atom. The van der Waals surface area contributed by atoms with E-state index in [1.807, 2.05) is 6.07 Å². The van der Waals surface area contributed by atoms with Crippen LogP contribution in [0.2, 0.25) is 0 Å². The molecule has 1 aromatic carbocycles. The molecule has 28 heavy (non-hydrogen) atoms. The molecule has 1 unspecified atom stereocenters. The van der Waals surface area contributed by atoms with Gasteiger partial charge in [0.1, 0.15) is 6.26 Å². The van der Waals surface area contributed by atoms with Crippen LogP contribution in [0.1, 0.15) is 36.6 Å². The van der Waals surface area contributed by atoms with E-state index in [0.717, 1.165) is 57.5 Å². The summed E-state index contributed by atoms with van der Waals surface area (Å²) in [4.78, 5) is 9.70. The average molecular weight is 497 g/mol. The summed E-state index contributed by atoms with van der Waals surface area (Å²) >= 11 is 0. The summed E-state index contributed by atoms with van der Waals surface area (Å²) in [5.41, 5.74) is 3.64. The van der Waals surface area contributed by atoms with E-state index in [1.54, 1.807) is 6.26 Å². The minimum atomic E-state index is 0. The Morgan fingerprint density at radius 3 is 2.50 bits per heavy atom. The number of hydrogen-bond donors (Lipinski definition) is 1. The van der Waals surface area contributed by atoms with Crippen LogP contribution in [0.4, 0.5) is 0 Å². The van der Waals surface area contributed by atoms with Crippen LogP contribution >= 0.6 is 24.0 Å². The predicted molar refractivity (Wildman–Crippen MR) is 124 cm³/mol. The standard InChI is InChI=1S/C21H31N5O.HI/c1-4-22-21(23-15-18(3)19-7-5-17(2)6-8-19)26-12-10-25(11-13-26)16-20-9-14-27-24-20;/h5-9,14,18H,4,10-13,15-16H2,1-3H3,(H,22,23);1H. The molecule has 0 bridgehead atoms. The minimum Gasteiger partial charge on any atom is -0.364 e. The zero-order valence-corrected chi connectivity index (χ0v) is 19.4. The number of benzene rings is 1. The van der Waals surface area contributed by atoms with Crippen molar-refractivity contribution < 1.29 is 4.52 Å². The SMILES string of the molecule is CCNC(=NCC(C)c1ccc(C)cc1)N1CCN(Cc2ccon2)CC1.I. The summed E-state index contributed by atoms with van der Waals surface area (Å²) in [6.45, 7) is 13.0. The lowest BCUT2D eigenvalue weighted by atomic mass is 10.0. The lowest BCUT2D eigenvalue weighted by Crippen LogP contribution is -2.52. The van der Waals surface area contributed by atoms with Crippen LogP contribution in [0.3, 0.4) is 0 Å². The Morgan fingerprint density at radius 2 is 1.89 bits per heavy atom. The van der Waals surface area contributed by atoms with Crippen LogP contribution < -0.4 is 5.32 Å². The van der Waals surface area contributed by atoms with Crippen molar-refractivity contribution in [1.29, 1.82) is 0 Å². The van der Waals surface area contributed by atoms with Crippen molar-refractivity contribution in [2.24, 2.45) is 4.99 Å². The average Bonchev–Trinajstić information content (AvgIpc) is 3.19. The number of aryl methyl sites for hydroxylation is 1. The van der Waals surface area contributed by atoms with E-state index in [-0.39, 0.29) is 24.0 Å². The van der Waals surface area contributed by atoms with E-state index in [2.05, 4.69) is 65.3 Å². The van der Waals surface area contributed by atoms with Crippen molar-refractivity contribution >= 4 is 29.9 Å². The molecule has 1 fully saturated rings. The Hall–Kier alpha value is -1.61. The third kappa shape index (κ3) is 6.48. The Kier molecular flexibility index (Phi) is 9.24. The van der Waals surface area contributed by atoms with Gasteiger partial charge in [-0.3, -0.25) is 9.89 Å². The highest BCUT2D eigenvalue weighted by atomic mass is 127. The normalized spacial score (nSPS) is 16.5. The van der Waals surface area contributed by atoms with Crippen molar-refractivity contribution in [3.8, 4) is 0 Å². The van der Waals surface area contributed by atoms with E-state index < -0.39 is 0 Å². The first-order valence-corrected chi connectivity index (χ1v) is 9.87. The summed E-state index contributed by atoms with van der Waals surface area (Å²) in [6.07, 6.45) is 1.64. The van der Waals surface area contributed by atoms with Gasteiger partial charge in [-0.2, -0.15) is 0 Å². The highest BCUT2D eigenvalue weighted by molar-refractivity contribution is 14.0.